The van der Waals surface area contributed by atoms with Crippen LogP contribution in [0.3, 0.4) is 0 Å². The van der Waals surface area contributed by atoms with E-state index in [-0.39, 0.29) is 6.42 Å². The quantitative estimate of drug-likeness (QED) is 0.149. The lowest BCUT2D eigenvalue weighted by atomic mass is 9.86. The fraction of sp³-hybridized carbons (Fsp3) is 0.595. The fourth-order valence-corrected chi connectivity index (χ4v) is 7.40. The number of imide groups is 1. The number of esters is 1. The van der Waals surface area contributed by atoms with Crippen molar-refractivity contribution in [2.45, 2.75) is 110 Å². The number of hydrogen-bond acceptors (Lipinski definition) is 8. The van der Waals surface area contributed by atoms with Crippen LogP contribution in [0.4, 0.5) is 4.79 Å². The van der Waals surface area contributed by atoms with E-state index in [9.17, 15) is 14.4 Å². The number of ether oxygens (including phenoxy) is 2. The first-order valence-electron chi connectivity index (χ1n) is 16.7. The number of aryl methyl sites for hydroxylation is 1. The minimum atomic E-state index is -1.12. The van der Waals surface area contributed by atoms with Crippen molar-refractivity contribution >= 4 is 41.5 Å². The summed E-state index contributed by atoms with van der Waals surface area (Å²) >= 11 is 3.48. The van der Waals surface area contributed by atoms with Crippen LogP contribution in [0.2, 0.25) is 0 Å². The van der Waals surface area contributed by atoms with E-state index in [1.54, 1.807) is 26.8 Å². The molecule has 7 nitrogen and oxygen atoms in total. The summed E-state index contributed by atoms with van der Waals surface area (Å²) in [6, 6.07) is 12.6. The van der Waals surface area contributed by atoms with Gasteiger partial charge in [-0.3, -0.25) is 4.79 Å². The molecule has 3 rings (SSSR count). The predicted octanol–water partition coefficient (Wildman–Crippen LogP) is 8.86. The maximum absolute atomic E-state index is 14.5. The Bertz CT molecular complexity index is 1290. The van der Waals surface area contributed by atoms with Crippen LogP contribution in [0.5, 0.6) is 0 Å². The first-order chi connectivity index (χ1) is 22.0. The van der Waals surface area contributed by atoms with Gasteiger partial charge < -0.3 is 14.8 Å². The zero-order valence-corrected chi connectivity index (χ0v) is 30.5. The molecule has 0 heterocycles. The Morgan fingerprint density at radius 1 is 1.02 bits per heavy atom. The molecule has 0 radical (unpaired) electrons. The number of nitrogens with one attached hydrogen (secondary N) is 1. The molecule has 1 saturated carbocycles. The number of thioether (sulfide) groups is 2. The largest absolute Gasteiger partial charge is 0.467 e. The van der Waals surface area contributed by atoms with Crippen molar-refractivity contribution in [3.63, 3.8) is 0 Å². The van der Waals surface area contributed by atoms with Gasteiger partial charge in [0.25, 0.3) is 5.91 Å². The minimum absolute atomic E-state index is 0.248. The molecule has 1 unspecified atom stereocenters. The highest BCUT2D eigenvalue weighted by Crippen LogP contribution is 2.32. The number of methoxy groups -OCH3 is 1. The second kappa shape index (κ2) is 18.7. The van der Waals surface area contributed by atoms with Crippen LogP contribution in [0.1, 0.15) is 101 Å². The van der Waals surface area contributed by atoms with E-state index in [1.807, 2.05) is 61.3 Å². The maximum atomic E-state index is 14.5. The Balaban J connectivity index is 1.99. The van der Waals surface area contributed by atoms with Crippen molar-refractivity contribution in [3.8, 4) is 11.1 Å². The molecule has 2 aromatic rings. The molecule has 46 heavy (non-hydrogen) atoms. The van der Waals surface area contributed by atoms with Gasteiger partial charge in [-0.15, -0.1) is 11.8 Å². The molecule has 1 aliphatic carbocycles. The van der Waals surface area contributed by atoms with E-state index in [2.05, 4.69) is 12.2 Å². The lowest BCUT2D eigenvalue weighted by Crippen LogP contribution is -2.51. The Kier molecular flexibility index (Phi) is 15.5. The van der Waals surface area contributed by atoms with Gasteiger partial charge in [0, 0.05) is 12.1 Å². The lowest BCUT2D eigenvalue weighted by molar-refractivity contribution is -0.146. The van der Waals surface area contributed by atoms with E-state index in [1.165, 1.54) is 57.4 Å². The highest BCUT2D eigenvalue weighted by molar-refractivity contribution is 7.99. The van der Waals surface area contributed by atoms with Gasteiger partial charge in [-0.2, -0.15) is 11.8 Å². The highest BCUT2D eigenvalue weighted by atomic mass is 32.2. The standard InChI is InChI=1S/C37H54N2O5S2/c1-8-46-33(21-19-27-15-10-9-11-16-27)38-25-28-18-20-30(31(24-28)29-17-13-12-14-26(29)2)34(40)39(36(42)44-37(3,4)5)32(22-23-45-7)35(41)43-6/h12-14,17-18,20,24,27,32-33,38H,8-11,15-16,19,21-23,25H2,1-7H3/t32-,33?/m0/s1. The van der Waals surface area contributed by atoms with E-state index >= 15 is 0 Å². The van der Waals surface area contributed by atoms with Crippen molar-refractivity contribution in [3.05, 3.63) is 59.2 Å². The molecular formula is C37H54N2O5S2. The summed E-state index contributed by atoms with van der Waals surface area (Å²) in [5.41, 5.74) is 3.13. The molecule has 0 saturated heterocycles. The summed E-state index contributed by atoms with van der Waals surface area (Å²) in [5, 5.41) is 4.14. The number of carbonyl (C=O) groups is 3. The maximum Gasteiger partial charge on any atom is 0.418 e. The highest BCUT2D eigenvalue weighted by Gasteiger charge is 2.39. The van der Waals surface area contributed by atoms with Gasteiger partial charge in [-0.05, 0) is 105 Å². The molecule has 254 valence electrons. The third kappa shape index (κ3) is 11.3. The van der Waals surface area contributed by atoms with Gasteiger partial charge in [0.1, 0.15) is 11.6 Å². The van der Waals surface area contributed by atoms with Crippen LogP contribution in [-0.4, -0.2) is 64.8 Å². The molecule has 1 aliphatic rings. The number of benzene rings is 2. The zero-order valence-electron chi connectivity index (χ0n) is 28.9. The van der Waals surface area contributed by atoms with Gasteiger partial charge in [-0.25, -0.2) is 14.5 Å². The lowest BCUT2D eigenvalue weighted by Gasteiger charge is -2.31. The smallest absolute Gasteiger partial charge is 0.418 e. The number of carbonyl (C=O) groups excluding carboxylic acids is 3. The average Bonchev–Trinajstić information content (AvgIpc) is 3.03. The molecule has 1 fully saturated rings. The normalized spacial score (nSPS) is 15.2. The molecule has 0 spiro atoms. The van der Waals surface area contributed by atoms with Gasteiger partial charge in [0.15, 0.2) is 0 Å². The molecule has 2 amide bonds. The van der Waals surface area contributed by atoms with Crippen molar-refractivity contribution in [1.82, 2.24) is 10.2 Å². The molecule has 0 aliphatic heterocycles. The number of amides is 2. The van der Waals surface area contributed by atoms with E-state index in [4.69, 9.17) is 9.47 Å². The molecule has 0 bridgehead atoms. The monoisotopic (exact) mass is 670 g/mol. The third-order valence-corrected chi connectivity index (χ3v) is 10.2. The van der Waals surface area contributed by atoms with E-state index < -0.39 is 29.6 Å². The average molecular weight is 671 g/mol. The van der Waals surface area contributed by atoms with Crippen LogP contribution in [0.15, 0.2) is 42.5 Å². The Morgan fingerprint density at radius 2 is 1.74 bits per heavy atom. The summed E-state index contributed by atoms with van der Waals surface area (Å²) in [4.78, 5) is 42.1. The minimum Gasteiger partial charge on any atom is -0.467 e. The van der Waals surface area contributed by atoms with Crippen molar-refractivity contribution in [2.24, 2.45) is 5.92 Å². The summed E-state index contributed by atoms with van der Waals surface area (Å²) < 4.78 is 10.8. The molecule has 2 aromatic carbocycles. The SMILES string of the molecule is CCSC(CCC1CCCCC1)NCc1ccc(C(=O)N(C(=O)OC(C)(C)C)[C@@H](CCSC)C(=O)OC)c(-c2ccccc2C)c1. The molecule has 9 heteroatoms. The molecule has 1 N–H and O–H groups in total. The van der Waals surface area contributed by atoms with Gasteiger partial charge in [-0.1, -0.05) is 69.4 Å². The summed E-state index contributed by atoms with van der Waals surface area (Å²) in [5.74, 6) is 1.20. The summed E-state index contributed by atoms with van der Waals surface area (Å²) in [6.45, 7) is 10.1. The summed E-state index contributed by atoms with van der Waals surface area (Å²) in [6.07, 6.45) is 10.5. The molecular weight excluding hydrogens is 617 g/mol. The number of nitrogens with zero attached hydrogens (tertiary/aromatic N) is 1. The van der Waals surface area contributed by atoms with Crippen LogP contribution in [-0.2, 0) is 20.8 Å². The fourth-order valence-electron chi connectivity index (χ4n) is 6.04. The first kappa shape index (κ1) is 38.0. The second-order valence-electron chi connectivity index (χ2n) is 13.1. The van der Waals surface area contributed by atoms with Crippen LogP contribution < -0.4 is 5.32 Å². The summed E-state index contributed by atoms with van der Waals surface area (Å²) in [7, 11) is 1.27. The van der Waals surface area contributed by atoms with Crippen molar-refractivity contribution in [2.75, 3.05) is 24.9 Å². The third-order valence-electron chi connectivity index (χ3n) is 8.40. The Hall–Kier alpha value is -2.49. The topological polar surface area (TPSA) is 84.9 Å². The van der Waals surface area contributed by atoms with E-state index in [0.29, 0.717) is 28.8 Å². The molecule has 2 atom stereocenters. The van der Waals surface area contributed by atoms with Gasteiger partial charge in [0.05, 0.1) is 12.5 Å². The van der Waals surface area contributed by atoms with Crippen LogP contribution in [0, 0.1) is 12.8 Å². The Morgan fingerprint density at radius 3 is 2.37 bits per heavy atom. The van der Waals surface area contributed by atoms with Crippen molar-refractivity contribution in [1.29, 1.82) is 0 Å². The second-order valence-corrected chi connectivity index (χ2v) is 15.5. The first-order valence-corrected chi connectivity index (χ1v) is 19.1. The van der Waals surface area contributed by atoms with E-state index in [0.717, 1.165) is 39.7 Å². The zero-order chi connectivity index (χ0) is 33.7. The van der Waals surface area contributed by atoms with Gasteiger partial charge in [0.2, 0.25) is 0 Å². The number of hydrogen-bond donors (Lipinski definition) is 1. The number of rotatable bonds is 15. The predicted molar refractivity (Wildman–Crippen MR) is 192 cm³/mol. The van der Waals surface area contributed by atoms with Crippen molar-refractivity contribution < 1.29 is 23.9 Å². The molecule has 0 aromatic heterocycles. The van der Waals surface area contributed by atoms with Gasteiger partial charge >= 0.3 is 12.1 Å². The Labute approximate surface area is 285 Å². The van der Waals surface area contributed by atoms with Crippen LogP contribution in [0.25, 0.3) is 11.1 Å². The van der Waals surface area contributed by atoms with Crippen LogP contribution >= 0.6 is 23.5 Å².